The van der Waals surface area contributed by atoms with Crippen molar-refractivity contribution in [3.63, 3.8) is 0 Å². The van der Waals surface area contributed by atoms with Gasteiger partial charge in [0.1, 0.15) is 17.6 Å². The van der Waals surface area contributed by atoms with E-state index in [2.05, 4.69) is 4.98 Å². The standard InChI is InChI=1S/C21H15ClN2O4/c1-12-4-5-14(22)11-15(12)24-18(16-3-2-10-28-16)17(20(26)21(24)27)19(25)13-6-8-23-9-7-13/h2-11,18,25H,1H3/b19-17-. The molecule has 1 saturated heterocycles. The van der Waals surface area contributed by atoms with Crippen LogP contribution < -0.4 is 4.90 Å². The van der Waals surface area contributed by atoms with Crippen molar-refractivity contribution < 1.29 is 19.1 Å². The van der Waals surface area contributed by atoms with Crippen LogP contribution in [0, 0.1) is 6.92 Å². The lowest BCUT2D eigenvalue weighted by molar-refractivity contribution is -0.132. The molecule has 2 aromatic heterocycles. The number of pyridine rings is 1. The quantitative estimate of drug-likeness (QED) is 0.407. The molecule has 1 atom stereocenters. The fourth-order valence-corrected chi connectivity index (χ4v) is 3.47. The number of rotatable bonds is 3. The number of hydrogen-bond acceptors (Lipinski definition) is 5. The molecule has 3 aromatic rings. The minimum atomic E-state index is -0.916. The number of amides is 1. The van der Waals surface area contributed by atoms with E-state index in [1.54, 1.807) is 42.5 Å². The summed E-state index contributed by atoms with van der Waals surface area (Å²) >= 11 is 6.13. The van der Waals surface area contributed by atoms with Crippen molar-refractivity contribution >= 4 is 34.7 Å². The first kappa shape index (κ1) is 18.0. The number of aliphatic hydroxyl groups excluding tert-OH is 1. The minimum Gasteiger partial charge on any atom is -0.507 e. The van der Waals surface area contributed by atoms with Crippen molar-refractivity contribution in [1.29, 1.82) is 0 Å². The molecule has 6 nitrogen and oxygen atoms in total. The molecule has 1 unspecified atom stereocenters. The SMILES string of the molecule is Cc1ccc(Cl)cc1N1C(=O)C(=O)/C(=C(\O)c2ccncc2)C1c1ccco1. The van der Waals surface area contributed by atoms with Gasteiger partial charge in [0.2, 0.25) is 0 Å². The molecule has 0 bridgehead atoms. The lowest BCUT2D eigenvalue weighted by atomic mass is 9.99. The van der Waals surface area contributed by atoms with E-state index >= 15 is 0 Å². The van der Waals surface area contributed by atoms with E-state index in [1.165, 1.54) is 23.6 Å². The molecule has 4 rings (SSSR count). The van der Waals surface area contributed by atoms with Crippen LogP contribution in [0.5, 0.6) is 0 Å². The molecular formula is C21H15ClN2O4. The number of furan rings is 1. The van der Waals surface area contributed by atoms with Crippen molar-refractivity contribution in [2.24, 2.45) is 0 Å². The van der Waals surface area contributed by atoms with Gasteiger partial charge in [-0.05, 0) is 48.9 Å². The summed E-state index contributed by atoms with van der Waals surface area (Å²) < 4.78 is 5.52. The van der Waals surface area contributed by atoms with Crippen LogP contribution >= 0.6 is 11.6 Å². The summed E-state index contributed by atoms with van der Waals surface area (Å²) in [6, 6.07) is 10.6. The maximum atomic E-state index is 13.0. The second-order valence-corrected chi connectivity index (χ2v) is 6.79. The highest BCUT2D eigenvalue weighted by atomic mass is 35.5. The van der Waals surface area contributed by atoms with Crippen LogP contribution in [-0.2, 0) is 9.59 Å². The maximum Gasteiger partial charge on any atom is 0.300 e. The fraction of sp³-hybridized carbons (Fsp3) is 0.0952. The summed E-state index contributed by atoms with van der Waals surface area (Å²) in [5, 5.41) is 11.3. The Morgan fingerprint density at radius 2 is 1.93 bits per heavy atom. The second kappa shape index (κ2) is 6.98. The van der Waals surface area contributed by atoms with Gasteiger partial charge in [0.25, 0.3) is 11.7 Å². The molecule has 0 radical (unpaired) electrons. The Hall–Kier alpha value is -3.38. The predicted octanol–water partition coefficient (Wildman–Crippen LogP) is 4.26. The topological polar surface area (TPSA) is 83.6 Å². The van der Waals surface area contributed by atoms with E-state index in [9.17, 15) is 14.7 Å². The van der Waals surface area contributed by atoms with Crippen LogP contribution in [0.15, 0.2) is 71.1 Å². The summed E-state index contributed by atoms with van der Waals surface area (Å²) in [6.45, 7) is 1.81. The molecule has 1 aromatic carbocycles. The average molecular weight is 395 g/mol. The van der Waals surface area contributed by atoms with Crippen molar-refractivity contribution in [1.82, 2.24) is 4.98 Å². The Kier molecular flexibility index (Phi) is 4.49. The number of aliphatic hydroxyl groups is 1. The van der Waals surface area contributed by atoms with Crippen LogP contribution in [0.1, 0.15) is 22.9 Å². The number of aryl methyl sites for hydroxylation is 1. The molecule has 1 aliphatic heterocycles. The Bertz CT molecular complexity index is 1090. The summed E-state index contributed by atoms with van der Waals surface area (Å²) in [5.74, 6) is -1.49. The van der Waals surface area contributed by atoms with Crippen molar-refractivity contribution in [3.05, 3.63) is 88.6 Å². The first-order chi connectivity index (χ1) is 13.5. The van der Waals surface area contributed by atoms with Crippen LogP contribution in [0.4, 0.5) is 5.69 Å². The zero-order valence-electron chi connectivity index (χ0n) is 14.8. The number of halogens is 1. The number of carbonyl (C=O) groups is 2. The summed E-state index contributed by atoms with van der Waals surface area (Å²) in [7, 11) is 0. The molecule has 3 heterocycles. The number of benzene rings is 1. The number of Topliss-reactive ketones (excluding diaryl/α,β-unsaturated/α-hetero) is 1. The number of hydrogen-bond donors (Lipinski definition) is 1. The van der Waals surface area contributed by atoms with Gasteiger partial charge < -0.3 is 9.52 Å². The van der Waals surface area contributed by atoms with E-state index in [1.807, 2.05) is 6.92 Å². The number of nitrogens with zero attached hydrogens (tertiary/aromatic N) is 2. The van der Waals surface area contributed by atoms with Crippen LogP contribution in [-0.4, -0.2) is 21.8 Å². The van der Waals surface area contributed by atoms with Crippen LogP contribution in [0.2, 0.25) is 5.02 Å². The van der Waals surface area contributed by atoms with Gasteiger partial charge in [-0.25, -0.2) is 0 Å². The maximum absolute atomic E-state index is 13.0. The lowest BCUT2D eigenvalue weighted by Gasteiger charge is -2.25. The molecule has 0 aliphatic carbocycles. The fourth-order valence-electron chi connectivity index (χ4n) is 3.30. The highest BCUT2D eigenvalue weighted by Crippen LogP contribution is 2.43. The van der Waals surface area contributed by atoms with Gasteiger partial charge >= 0.3 is 0 Å². The van der Waals surface area contributed by atoms with Gasteiger partial charge in [-0.3, -0.25) is 19.5 Å². The summed E-state index contributed by atoms with van der Waals surface area (Å²) in [4.78, 5) is 31.1. The third-order valence-corrected chi connectivity index (χ3v) is 4.88. The molecule has 0 spiro atoms. The van der Waals surface area contributed by atoms with E-state index in [-0.39, 0.29) is 11.3 Å². The average Bonchev–Trinajstić information content (AvgIpc) is 3.31. The smallest absolute Gasteiger partial charge is 0.300 e. The molecule has 0 saturated carbocycles. The molecular weight excluding hydrogens is 380 g/mol. The van der Waals surface area contributed by atoms with Gasteiger partial charge in [-0.1, -0.05) is 17.7 Å². The molecule has 1 amide bonds. The Labute approximate surface area is 165 Å². The third kappa shape index (κ3) is 2.88. The normalized spacial score (nSPS) is 18.6. The van der Waals surface area contributed by atoms with Crippen LogP contribution in [0.3, 0.4) is 0 Å². The Morgan fingerprint density at radius 3 is 2.61 bits per heavy atom. The number of anilines is 1. The van der Waals surface area contributed by atoms with Crippen molar-refractivity contribution in [3.8, 4) is 0 Å². The highest BCUT2D eigenvalue weighted by Gasteiger charge is 2.48. The van der Waals surface area contributed by atoms with E-state index in [4.69, 9.17) is 16.0 Å². The van der Waals surface area contributed by atoms with Gasteiger partial charge in [0.15, 0.2) is 0 Å². The van der Waals surface area contributed by atoms with Gasteiger partial charge in [-0.15, -0.1) is 0 Å². The molecule has 7 heteroatoms. The molecule has 1 N–H and O–H groups in total. The summed E-state index contributed by atoms with van der Waals surface area (Å²) in [5.41, 5.74) is 1.56. The van der Waals surface area contributed by atoms with Gasteiger partial charge in [-0.2, -0.15) is 0 Å². The predicted molar refractivity (Wildman–Crippen MR) is 104 cm³/mol. The zero-order chi connectivity index (χ0) is 19.8. The summed E-state index contributed by atoms with van der Waals surface area (Å²) in [6.07, 6.45) is 4.44. The minimum absolute atomic E-state index is 0.0504. The Balaban J connectivity index is 1.97. The van der Waals surface area contributed by atoms with Gasteiger partial charge in [0.05, 0.1) is 11.8 Å². The second-order valence-electron chi connectivity index (χ2n) is 6.35. The van der Waals surface area contributed by atoms with E-state index in [0.29, 0.717) is 22.0 Å². The number of carbonyl (C=O) groups excluding carboxylic acids is 2. The van der Waals surface area contributed by atoms with E-state index < -0.39 is 17.7 Å². The number of ketones is 1. The molecule has 28 heavy (non-hydrogen) atoms. The Morgan fingerprint density at radius 1 is 1.18 bits per heavy atom. The first-order valence-electron chi connectivity index (χ1n) is 8.50. The lowest BCUT2D eigenvalue weighted by Crippen LogP contribution is -2.30. The van der Waals surface area contributed by atoms with Gasteiger partial charge in [0, 0.05) is 28.7 Å². The molecule has 1 aliphatic rings. The monoisotopic (exact) mass is 394 g/mol. The zero-order valence-corrected chi connectivity index (χ0v) is 15.6. The highest BCUT2D eigenvalue weighted by molar-refractivity contribution is 6.51. The van der Waals surface area contributed by atoms with Crippen LogP contribution in [0.25, 0.3) is 5.76 Å². The van der Waals surface area contributed by atoms with Crippen molar-refractivity contribution in [2.75, 3.05) is 4.90 Å². The molecule has 1 fully saturated rings. The first-order valence-corrected chi connectivity index (χ1v) is 8.88. The molecule has 140 valence electrons. The largest absolute Gasteiger partial charge is 0.507 e. The van der Waals surface area contributed by atoms with E-state index in [0.717, 1.165) is 5.56 Å². The third-order valence-electron chi connectivity index (χ3n) is 4.64. The van der Waals surface area contributed by atoms with Crippen molar-refractivity contribution in [2.45, 2.75) is 13.0 Å². The number of aromatic nitrogens is 1.